The summed E-state index contributed by atoms with van der Waals surface area (Å²) in [5, 5.41) is 10.3. The van der Waals surface area contributed by atoms with Crippen molar-refractivity contribution in [1.29, 1.82) is 0 Å². The lowest BCUT2D eigenvalue weighted by Gasteiger charge is -2.19. The molecule has 0 unspecified atom stereocenters. The highest BCUT2D eigenvalue weighted by Gasteiger charge is 2.24. The van der Waals surface area contributed by atoms with Crippen LogP contribution in [0.5, 0.6) is 17.2 Å². The second-order valence-electron chi connectivity index (χ2n) is 5.49. The first-order valence-electron chi connectivity index (χ1n) is 7.72. The average Bonchev–Trinajstić information content (AvgIpc) is 2.65. The minimum atomic E-state index is -0.573. The molecule has 0 bridgehead atoms. The Labute approximate surface area is 145 Å². The highest BCUT2D eigenvalue weighted by molar-refractivity contribution is 5.48. The van der Waals surface area contributed by atoms with Crippen LogP contribution in [0.25, 0.3) is 0 Å². The molecule has 0 saturated carbocycles. The summed E-state index contributed by atoms with van der Waals surface area (Å²) < 4.78 is 15.4. The smallest absolute Gasteiger partial charge is 0.343 e. The Morgan fingerprint density at radius 1 is 0.840 bits per heavy atom. The third-order valence-corrected chi connectivity index (χ3v) is 4.08. The van der Waals surface area contributed by atoms with Crippen molar-refractivity contribution in [2.45, 2.75) is 5.92 Å². The monoisotopic (exact) mass is 338 g/mol. The Kier molecular flexibility index (Phi) is 4.75. The van der Waals surface area contributed by atoms with Crippen LogP contribution in [0.3, 0.4) is 0 Å². The van der Waals surface area contributed by atoms with Gasteiger partial charge >= 0.3 is 5.63 Å². The standard InChI is InChI=1S/C20H18O5/c1-23-15-7-3-13(4-8-15)18(14-5-9-16(24-2)10-6-14)19-17(21)11-12-25-20(19)22/h3-12,18,21H,1-2H3. The number of hydrogen-bond donors (Lipinski definition) is 1. The minimum Gasteiger partial charge on any atom is -0.507 e. The van der Waals surface area contributed by atoms with Gasteiger partial charge in [-0.2, -0.15) is 0 Å². The van der Waals surface area contributed by atoms with Gasteiger partial charge in [-0.05, 0) is 35.4 Å². The SMILES string of the molecule is COc1ccc(C(c2ccc(OC)cc2)c2c(O)ccoc2=O)cc1. The van der Waals surface area contributed by atoms with Gasteiger partial charge in [0.1, 0.15) is 17.2 Å². The van der Waals surface area contributed by atoms with Gasteiger partial charge in [-0.25, -0.2) is 4.79 Å². The first kappa shape index (κ1) is 16.6. The summed E-state index contributed by atoms with van der Waals surface area (Å²) in [5.74, 6) is 0.838. The topological polar surface area (TPSA) is 68.9 Å². The molecular formula is C20H18O5. The molecule has 0 saturated heterocycles. The molecule has 0 fully saturated rings. The molecule has 2 aromatic carbocycles. The van der Waals surface area contributed by atoms with Gasteiger partial charge in [0, 0.05) is 12.0 Å². The van der Waals surface area contributed by atoms with Gasteiger partial charge in [0.25, 0.3) is 0 Å². The molecule has 0 aliphatic rings. The molecule has 0 radical (unpaired) electrons. The largest absolute Gasteiger partial charge is 0.507 e. The average molecular weight is 338 g/mol. The molecule has 5 heteroatoms. The lowest BCUT2D eigenvalue weighted by atomic mass is 9.85. The fraction of sp³-hybridized carbons (Fsp3) is 0.150. The summed E-state index contributed by atoms with van der Waals surface area (Å²) in [6.45, 7) is 0. The van der Waals surface area contributed by atoms with Crippen molar-refractivity contribution in [3.63, 3.8) is 0 Å². The number of benzene rings is 2. The van der Waals surface area contributed by atoms with Gasteiger partial charge in [-0.3, -0.25) is 0 Å². The molecular weight excluding hydrogens is 320 g/mol. The van der Waals surface area contributed by atoms with Gasteiger partial charge in [0.2, 0.25) is 0 Å². The van der Waals surface area contributed by atoms with Gasteiger partial charge in [0.05, 0.1) is 26.0 Å². The molecule has 1 N–H and O–H groups in total. The molecule has 1 aromatic heterocycles. The summed E-state index contributed by atoms with van der Waals surface area (Å²) in [5.41, 5.74) is 1.29. The van der Waals surface area contributed by atoms with E-state index in [1.807, 2.05) is 48.5 Å². The third kappa shape index (κ3) is 3.35. The molecule has 0 aliphatic heterocycles. The Morgan fingerprint density at radius 2 is 1.32 bits per heavy atom. The quantitative estimate of drug-likeness (QED) is 0.770. The van der Waals surface area contributed by atoms with E-state index in [-0.39, 0.29) is 11.3 Å². The lowest BCUT2D eigenvalue weighted by Crippen LogP contribution is -2.14. The molecule has 1 heterocycles. The van der Waals surface area contributed by atoms with Crippen molar-refractivity contribution >= 4 is 0 Å². The van der Waals surface area contributed by atoms with E-state index in [9.17, 15) is 9.90 Å². The van der Waals surface area contributed by atoms with Crippen molar-refractivity contribution in [3.8, 4) is 17.2 Å². The molecule has 0 spiro atoms. The van der Waals surface area contributed by atoms with E-state index in [1.165, 1.54) is 12.3 Å². The van der Waals surface area contributed by atoms with E-state index in [0.717, 1.165) is 11.1 Å². The van der Waals surface area contributed by atoms with E-state index >= 15 is 0 Å². The Balaban J connectivity index is 2.18. The molecule has 3 rings (SSSR count). The fourth-order valence-electron chi connectivity index (χ4n) is 2.80. The van der Waals surface area contributed by atoms with E-state index in [0.29, 0.717) is 11.5 Å². The van der Waals surface area contributed by atoms with Crippen LogP contribution in [0.1, 0.15) is 22.6 Å². The second kappa shape index (κ2) is 7.13. The Bertz CT molecular complexity index is 847. The first-order valence-corrected chi connectivity index (χ1v) is 7.72. The molecule has 25 heavy (non-hydrogen) atoms. The van der Waals surface area contributed by atoms with Crippen molar-refractivity contribution in [3.05, 3.63) is 88.0 Å². The Hall–Kier alpha value is -3.21. The van der Waals surface area contributed by atoms with Crippen LogP contribution in [0.15, 0.2) is 70.1 Å². The normalized spacial score (nSPS) is 10.7. The summed E-state index contributed by atoms with van der Waals surface area (Å²) in [4.78, 5) is 12.3. The van der Waals surface area contributed by atoms with E-state index < -0.39 is 11.5 Å². The molecule has 5 nitrogen and oxygen atoms in total. The molecule has 0 amide bonds. The predicted molar refractivity (Wildman–Crippen MR) is 93.6 cm³/mol. The van der Waals surface area contributed by atoms with E-state index in [4.69, 9.17) is 13.9 Å². The van der Waals surface area contributed by atoms with Crippen LogP contribution in [0, 0.1) is 0 Å². The zero-order chi connectivity index (χ0) is 17.8. The maximum Gasteiger partial charge on any atom is 0.343 e. The predicted octanol–water partition coefficient (Wildman–Crippen LogP) is 3.54. The zero-order valence-corrected chi connectivity index (χ0v) is 13.9. The summed E-state index contributed by atoms with van der Waals surface area (Å²) in [6.07, 6.45) is 1.18. The molecule has 0 atom stereocenters. The lowest BCUT2D eigenvalue weighted by molar-refractivity contribution is 0.414. The highest BCUT2D eigenvalue weighted by Crippen LogP contribution is 2.35. The summed E-state index contributed by atoms with van der Waals surface area (Å²) in [6, 6.07) is 16.1. The molecule has 0 aliphatic carbocycles. The third-order valence-electron chi connectivity index (χ3n) is 4.08. The van der Waals surface area contributed by atoms with Crippen LogP contribution in [-0.2, 0) is 0 Å². The second-order valence-corrected chi connectivity index (χ2v) is 5.49. The van der Waals surface area contributed by atoms with Crippen LogP contribution in [0.2, 0.25) is 0 Å². The van der Waals surface area contributed by atoms with Crippen LogP contribution >= 0.6 is 0 Å². The van der Waals surface area contributed by atoms with E-state index in [1.54, 1.807) is 14.2 Å². The molecule has 3 aromatic rings. The molecule has 128 valence electrons. The van der Waals surface area contributed by atoms with Crippen molar-refractivity contribution in [2.24, 2.45) is 0 Å². The van der Waals surface area contributed by atoms with Gasteiger partial charge in [-0.1, -0.05) is 24.3 Å². The number of hydrogen-bond acceptors (Lipinski definition) is 5. The van der Waals surface area contributed by atoms with Gasteiger partial charge in [0.15, 0.2) is 0 Å². The van der Waals surface area contributed by atoms with Gasteiger partial charge < -0.3 is 19.0 Å². The van der Waals surface area contributed by atoms with Crippen LogP contribution in [-0.4, -0.2) is 19.3 Å². The highest BCUT2D eigenvalue weighted by atomic mass is 16.5. The first-order chi connectivity index (χ1) is 12.1. The van der Waals surface area contributed by atoms with Crippen LogP contribution < -0.4 is 15.1 Å². The fourth-order valence-corrected chi connectivity index (χ4v) is 2.80. The van der Waals surface area contributed by atoms with Crippen LogP contribution in [0.4, 0.5) is 0 Å². The van der Waals surface area contributed by atoms with Crippen molar-refractivity contribution in [2.75, 3.05) is 14.2 Å². The van der Waals surface area contributed by atoms with Gasteiger partial charge in [-0.15, -0.1) is 0 Å². The Morgan fingerprint density at radius 3 is 1.72 bits per heavy atom. The number of ether oxygens (including phenoxy) is 2. The number of rotatable bonds is 5. The summed E-state index contributed by atoms with van der Waals surface area (Å²) >= 11 is 0. The van der Waals surface area contributed by atoms with Crippen molar-refractivity contribution < 1.29 is 19.0 Å². The number of methoxy groups -OCH3 is 2. The summed E-state index contributed by atoms with van der Waals surface area (Å²) in [7, 11) is 3.18. The number of aromatic hydroxyl groups is 1. The maximum absolute atomic E-state index is 12.3. The van der Waals surface area contributed by atoms with E-state index in [2.05, 4.69) is 0 Å². The minimum absolute atomic E-state index is 0.104. The zero-order valence-electron chi connectivity index (χ0n) is 13.9. The maximum atomic E-state index is 12.3. The van der Waals surface area contributed by atoms with Crippen molar-refractivity contribution in [1.82, 2.24) is 0 Å².